The van der Waals surface area contributed by atoms with Crippen LogP contribution in [0.3, 0.4) is 0 Å². The molecule has 0 spiro atoms. The maximum Gasteiger partial charge on any atom is 0.347 e. The normalized spacial score (nSPS) is 21.8. The molecule has 1 aromatic heterocycles. The molecule has 2 saturated carbocycles. The number of aromatic carboxylic acids is 1. The topological polar surface area (TPSA) is 50.2 Å². The molecule has 2 aliphatic rings. The molecule has 0 bridgehead atoms. The number of aromatic nitrogens is 1. The van der Waals surface area contributed by atoms with Crippen molar-refractivity contribution < 1.29 is 9.90 Å². The van der Waals surface area contributed by atoms with Crippen molar-refractivity contribution in [1.82, 2.24) is 4.98 Å². The number of rotatable bonds is 3. The fourth-order valence-corrected chi connectivity index (χ4v) is 4.00. The van der Waals surface area contributed by atoms with Gasteiger partial charge in [0.05, 0.1) is 10.7 Å². The maximum absolute atomic E-state index is 11.3. The van der Waals surface area contributed by atoms with Crippen molar-refractivity contribution in [3.8, 4) is 0 Å². The van der Waals surface area contributed by atoms with Crippen molar-refractivity contribution in [2.45, 2.75) is 63.2 Å². The van der Waals surface area contributed by atoms with E-state index in [4.69, 9.17) is 4.98 Å². The Bertz CT molecular complexity index is 443. The Hall–Kier alpha value is -0.900. The second-order valence-electron chi connectivity index (χ2n) is 5.53. The van der Waals surface area contributed by atoms with Gasteiger partial charge in [-0.15, -0.1) is 11.3 Å². The van der Waals surface area contributed by atoms with E-state index < -0.39 is 5.97 Å². The van der Waals surface area contributed by atoms with Crippen LogP contribution in [0.4, 0.5) is 0 Å². The Balaban J connectivity index is 1.86. The van der Waals surface area contributed by atoms with Gasteiger partial charge in [-0.05, 0) is 25.7 Å². The Morgan fingerprint density at radius 1 is 1.06 bits per heavy atom. The van der Waals surface area contributed by atoms with Gasteiger partial charge in [-0.2, -0.15) is 0 Å². The molecule has 2 fully saturated rings. The van der Waals surface area contributed by atoms with E-state index in [9.17, 15) is 9.90 Å². The summed E-state index contributed by atoms with van der Waals surface area (Å²) in [4.78, 5) is 16.5. The second kappa shape index (κ2) is 5.00. The average molecular weight is 265 g/mol. The maximum atomic E-state index is 11.3. The van der Waals surface area contributed by atoms with Crippen LogP contribution in [-0.4, -0.2) is 16.1 Å². The number of thiazole rings is 1. The van der Waals surface area contributed by atoms with E-state index in [1.54, 1.807) is 0 Å². The second-order valence-corrected chi connectivity index (χ2v) is 6.57. The number of carboxylic acid groups (broad SMARTS) is 1. The van der Waals surface area contributed by atoms with Crippen molar-refractivity contribution in [1.29, 1.82) is 0 Å². The summed E-state index contributed by atoms with van der Waals surface area (Å²) in [5, 5.41) is 10.4. The summed E-state index contributed by atoms with van der Waals surface area (Å²) >= 11 is 1.44. The lowest BCUT2D eigenvalue weighted by Crippen LogP contribution is -1.98. The summed E-state index contributed by atoms with van der Waals surface area (Å²) in [5.74, 6) is 0.171. The number of hydrogen-bond donors (Lipinski definition) is 1. The lowest BCUT2D eigenvalue weighted by molar-refractivity contribution is 0.0700. The zero-order valence-corrected chi connectivity index (χ0v) is 11.3. The van der Waals surface area contributed by atoms with Gasteiger partial charge in [0, 0.05) is 11.8 Å². The fraction of sp³-hybridized carbons (Fsp3) is 0.714. The lowest BCUT2D eigenvalue weighted by atomic mass is 10.0. The van der Waals surface area contributed by atoms with Gasteiger partial charge in [0.1, 0.15) is 4.88 Å². The first kappa shape index (κ1) is 12.2. The van der Waals surface area contributed by atoms with Gasteiger partial charge in [0.25, 0.3) is 0 Å². The van der Waals surface area contributed by atoms with E-state index in [2.05, 4.69) is 0 Å². The molecule has 0 amide bonds. The molecule has 0 aliphatic heterocycles. The van der Waals surface area contributed by atoms with Gasteiger partial charge in [-0.25, -0.2) is 9.78 Å². The molecule has 0 unspecified atom stereocenters. The van der Waals surface area contributed by atoms with E-state index in [0.717, 1.165) is 23.5 Å². The number of nitrogens with zero attached hydrogens (tertiary/aromatic N) is 1. The molecule has 3 nitrogen and oxygen atoms in total. The highest BCUT2D eigenvalue weighted by Crippen LogP contribution is 2.44. The van der Waals surface area contributed by atoms with Crippen molar-refractivity contribution in [2.24, 2.45) is 0 Å². The van der Waals surface area contributed by atoms with E-state index in [1.165, 1.54) is 49.9 Å². The highest BCUT2D eigenvalue weighted by atomic mass is 32.1. The van der Waals surface area contributed by atoms with Crippen molar-refractivity contribution in [3.63, 3.8) is 0 Å². The summed E-state index contributed by atoms with van der Waals surface area (Å²) in [6, 6.07) is 0. The quantitative estimate of drug-likeness (QED) is 0.835. The van der Waals surface area contributed by atoms with Crippen molar-refractivity contribution in [3.05, 3.63) is 15.6 Å². The van der Waals surface area contributed by atoms with Crippen LogP contribution in [0, 0.1) is 0 Å². The molecular weight excluding hydrogens is 246 g/mol. The minimum Gasteiger partial charge on any atom is -0.477 e. The van der Waals surface area contributed by atoms with Crippen LogP contribution in [0.1, 0.15) is 83.6 Å². The van der Waals surface area contributed by atoms with Crippen LogP contribution in [0.2, 0.25) is 0 Å². The van der Waals surface area contributed by atoms with Crippen LogP contribution >= 0.6 is 11.3 Å². The van der Waals surface area contributed by atoms with Crippen LogP contribution in [0.5, 0.6) is 0 Å². The Morgan fingerprint density at radius 3 is 2.28 bits per heavy atom. The lowest BCUT2D eigenvalue weighted by Gasteiger charge is -2.09. The Labute approximate surface area is 111 Å². The summed E-state index contributed by atoms with van der Waals surface area (Å²) in [7, 11) is 0. The third-order valence-electron chi connectivity index (χ3n) is 4.03. The smallest absolute Gasteiger partial charge is 0.347 e. The Morgan fingerprint density at radius 2 is 1.72 bits per heavy atom. The van der Waals surface area contributed by atoms with Gasteiger partial charge in [0.2, 0.25) is 0 Å². The predicted octanol–water partition coefficient (Wildman–Crippen LogP) is 4.16. The van der Waals surface area contributed by atoms with Gasteiger partial charge in [-0.1, -0.05) is 25.7 Å². The number of carbonyl (C=O) groups is 1. The van der Waals surface area contributed by atoms with E-state index in [0.29, 0.717) is 16.7 Å². The first-order valence-electron chi connectivity index (χ1n) is 6.99. The molecule has 2 aliphatic carbocycles. The summed E-state index contributed by atoms with van der Waals surface area (Å²) in [5.41, 5.74) is 0.881. The first-order chi connectivity index (χ1) is 8.75. The van der Waals surface area contributed by atoms with Gasteiger partial charge in [-0.3, -0.25) is 0 Å². The molecule has 4 heteroatoms. The van der Waals surface area contributed by atoms with Gasteiger partial charge >= 0.3 is 5.97 Å². The van der Waals surface area contributed by atoms with Crippen LogP contribution in [-0.2, 0) is 0 Å². The number of hydrogen-bond acceptors (Lipinski definition) is 3. The zero-order chi connectivity index (χ0) is 12.5. The molecule has 1 heterocycles. The summed E-state index contributed by atoms with van der Waals surface area (Å²) in [6.45, 7) is 0. The standard InChI is InChI=1S/C14H19NO2S/c16-14(17)12-11(9-7-8-9)15-13(18-12)10-5-3-1-2-4-6-10/h9-10H,1-8H2,(H,16,17). The molecule has 3 rings (SSSR count). The average Bonchev–Trinajstić information content (AvgIpc) is 3.14. The molecule has 1 N–H and O–H groups in total. The predicted molar refractivity (Wildman–Crippen MR) is 71.5 cm³/mol. The summed E-state index contributed by atoms with van der Waals surface area (Å²) < 4.78 is 0. The van der Waals surface area contributed by atoms with E-state index >= 15 is 0 Å². The molecular formula is C14H19NO2S. The molecule has 0 atom stereocenters. The van der Waals surface area contributed by atoms with Crippen LogP contribution < -0.4 is 0 Å². The molecule has 98 valence electrons. The minimum absolute atomic E-state index is 0.437. The monoisotopic (exact) mass is 265 g/mol. The summed E-state index contributed by atoms with van der Waals surface area (Å²) in [6.07, 6.45) is 9.80. The third-order valence-corrected chi connectivity index (χ3v) is 5.25. The van der Waals surface area contributed by atoms with Crippen molar-refractivity contribution in [2.75, 3.05) is 0 Å². The first-order valence-corrected chi connectivity index (χ1v) is 7.81. The molecule has 0 aromatic carbocycles. The third kappa shape index (κ3) is 2.44. The van der Waals surface area contributed by atoms with Gasteiger partial charge in [0.15, 0.2) is 0 Å². The van der Waals surface area contributed by atoms with Crippen LogP contribution in [0.15, 0.2) is 0 Å². The molecule has 1 aromatic rings. The fourth-order valence-electron chi connectivity index (χ4n) is 2.84. The largest absolute Gasteiger partial charge is 0.477 e. The Kier molecular flexibility index (Phi) is 3.37. The van der Waals surface area contributed by atoms with Crippen LogP contribution in [0.25, 0.3) is 0 Å². The van der Waals surface area contributed by atoms with E-state index in [1.807, 2.05) is 0 Å². The highest BCUT2D eigenvalue weighted by Gasteiger charge is 2.33. The minimum atomic E-state index is -0.783. The molecule has 0 saturated heterocycles. The van der Waals surface area contributed by atoms with Crippen molar-refractivity contribution >= 4 is 17.3 Å². The molecule has 18 heavy (non-hydrogen) atoms. The SMILES string of the molecule is O=C(O)c1sc(C2CCCCCC2)nc1C1CC1. The highest BCUT2D eigenvalue weighted by molar-refractivity contribution is 7.13. The zero-order valence-electron chi connectivity index (χ0n) is 10.5. The van der Waals surface area contributed by atoms with Gasteiger partial charge < -0.3 is 5.11 Å². The molecule has 0 radical (unpaired) electrons. The number of carboxylic acids is 1. The van der Waals surface area contributed by atoms with E-state index in [-0.39, 0.29) is 0 Å².